The first-order valence-corrected chi connectivity index (χ1v) is 13.6. The van der Waals surface area contributed by atoms with Gasteiger partial charge in [-0.3, -0.25) is 14.6 Å². The molecular weight excluding hydrogens is 525 g/mol. The number of carbonyl (C=O) groups is 1. The second-order valence-electron chi connectivity index (χ2n) is 9.65. The van der Waals surface area contributed by atoms with Crippen molar-refractivity contribution in [3.63, 3.8) is 0 Å². The molecule has 0 aliphatic carbocycles. The number of hydrogen-bond acceptors (Lipinski definition) is 4. The minimum atomic E-state index is -0.178. The number of piperazine rings is 1. The summed E-state index contributed by atoms with van der Waals surface area (Å²) in [5.41, 5.74) is 4.33. The van der Waals surface area contributed by atoms with Crippen molar-refractivity contribution in [3.8, 4) is 5.75 Å². The van der Waals surface area contributed by atoms with Crippen molar-refractivity contribution in [3.05, 3.63) is 64.7 Å². The van der Waals surface area contributed by atoms with Crippen LogP contribution in [-0.2, 0) is 6.42 Å². The Balaban J connectivity index is 1.70. The predicted molar refractivity (Wildman–Crippen MR) is 142 cm³/mol. The summed E-state index contributed by atoms with van der Waals surface area (Å²) >= 11 is 2.45. The summed E-state index contributed by atoms with van der Waals surface area (Å²) in [6, 6.07) is 15.0. The lowest BCUT2D eigenvalue weighted by Crippen LogP contribution is -2.47. The summed E-state index contributed by atoms with van der Waals surface area (Å²) < 4.78 is 7.55. The minimum absolute atomic E-state index is 0.101. The number of ether oxygens (including phenoxy) is 1. The molecule has 0 N–H and O–H groups in total. The predicted octanol–water partition coefficient (Wildman–Crippen LogP) is 4.98. The third kappa shape index (κ3) is 5.23. The largest absolute Gasteiger partial charge is 0.487 e. The molecular formula is C27H36IN3O2. The monoisotopic (exact) mass is 561 g/mol. The number of rotatable bonds is 7. The van der Waals surface area contributed by atoms with E-state index in [1.54, 1.807) is 0 Å². The number of halogens is 1. The van der Waals surface area contributed by atoms with Crippen LogP contribution in [0.1, 0.15) is 60.8 Å². The third-order valence-electron chi connectivity index (χ3n) is 6.88. The van der Waals surface area contributed by atoms with E-state index in [0.717, 1.165) is 61.6 Å². The maximum atomic E-state index is 12.8. The summed E-state index contributed by atoms with van der Waals surface area (Å²) in [5, 5.41) is 0. The lowest BCUT2D eigenvalue weighted by atomic mass is 9.92. The first-order chi connectivity index (χ1) is 15.9. The van der Waals surface area contributed by atoms with Crippen LogP contribution >= 0.6 is 22.6 Å². The number of hydrogen-bond donors (Lipinski definition) is 0. The van der Waals surface area contributed by atoms with Crippen LogP contribution in [0.3, 0.4) is 0 Å². The SMILES string of the molecule is CCN(CC)C(=O)c1ccc(C(c2cccc3c2OC(C)(C)C3)N2CCN(CI)CC2)cc1. The van der Waals surface area contributed by atoms with Crippen LogP contribution in [-0.4, -0.2) is 70.0 Å². The molecule has 1 fully saturated rings. The highest BCUT2D eigenvalue weighted by Crippen LogP contribution is 2.43. The number of para-hydroxylation sites is 1. The highest BCUT2D eigenvalue weighted by molar-refractivity contribution is 14.1. The molecule has 2 aliphatic heterocycles. The van der Waals surface area contributed by atoms with Crippen LogP contribution in [0.15, 0.2) is 42.5 Å². The molecule has 0 spiro atoms. The van der Waals surface area contributed by atoms with Gasteiger partial charge in [-0.1, -0.05) is 52.9 Å². The Bertz CT molecular complexity index is 964. The molecule has 1 atom stereocenters. The van der Waals surface area contributed by atoms with E-state index in [-0.39, 0.29) is 17.6 Å². The van der Waals surface area contributed by atoms with Gasteiger partial charge in [-0.2, -0.15) is 0 Å². The zero-order chi connectivity index (χ0) is 23.6. The van der Waals surface area contributed by atoms with Gasteiger partial charge in [0.05, 0.1) is 10.6 Å². The second kappa shape index (κ2) is 10.3. The Labute approximate surface area is 212 Å². The molecule has 2 aromatic rings. The quantitative estimate of drug-likeness (QED) is 0.272. The average molecular weight is 562 g/mol. The molecule has 2 heterocycles. The van der Waals surface area contributed by atoms with Gasteiger partial charge in [-0.05, 0) is 51.0 Å². The van der Waals surface area contributed by atoms with Crippen LogP contribution in [0.4, 0.5) is 0 Å². The molecule has 1 amide bonds. The van der Waals surface area contributed by atoms with Crippen molar-refractivity contribution >= 4 is 28.5 Å². The van der Waals surface area contributed by atoms with E-state index < -0.39 is 0 Å². The first kappa shape index (κ1) is 24.5. The molecule has 5 nitrogen and oxygen atoms in total. The van der Waals surface area contributed by atoms with Crippen molar-refractivity contribution in [2.75, 3.05) is 43.8 Å². The molecule has 0 aromatic heterocycles. The van der Waals surface area contributed by atoms with Gasteiger partial charge in [0.15, 0.2) is 0 Å². The first-order valence-electron chi connectivity index (χ1n) is 12.1. The topological polar surface area (TPSA) is 36.0 Å². The summed E-state index contributed by atoms with van der Waals surface area (Å²) in [6.07, 6.45) is 0.933. The summed E-state index contributed by atoms with van der Waals surface area (Å²) in [6.45, 7) is 14.0. The fourth-order valence-electron chi connectivity index (χ4n) is 5.08. The standard InChI is InChI=1S/C27H36IN3O2/c1-5-30(6-2)26(32)21-12-10-20(11-13-21)24(31-16-14-29(19-28)15-17-31)23-9-7-8-22-18-27(3,4)33-25(22)23/h7-13,24H,5-6,14-19H2,1-4H3. The lowest BCUT2D eigenvalue weighted by Gasteiger charge is -2.39. The van der Waals surface area contributed by atoms with Crippen molar-refractivity contribution in [2.45, 2.75) is 45.8 Å². The van der Waals surface area contributed by atoms with E-state index in [9.17, 15) is 4.79 Å². The number of benzene rings is 2. The smallest absolute Gasteiger partial charge is 0.253 e. The van der Waals surface area contributed by atoms with Crippen molar-refractivity contribution < 1.29 is 9.53 Å². The van der Waals surface area contributed by atoms with Crippen LogP contribution < -0.4 is 4.74 Å². The normalized spacial score (nSPS) is 19.1. The van der Waals surface area contributed by atoms with Gasteiger partial charge in [0.25, 0.3) is 5.91 Å². The molecule has 2 aromatic carbocycles. The maximum absolute atomic E-state index is 12.8. The Hall–Kier alpha value is -1.64. The molecule has 0 bridgehead atoms. The minimum Gasteiger partial charge on any atom is -0.487 e. The number of carbonyl (C=O) groups excluding carboxylic acids is 1. The van der Waals surface area contributed by atoms with Crippen LogP contribution in [0.2, 0.25) is 0 Å². The van der Waals surface area contributed by atoms with Crippen molar-refractivity contribution in [1.29, 1.82) is 0 Å². The molecule has 2 aliphatic rings. The van der Waals surface area contributed by atoms with E-state index in [2.05, 4.69) is 76.6 Å². The molecule has 4 rings (SSSR count). The van der Waals surface area contributed by atoms with E-state index in [0.29, 0.717) is 0 Å². The summed E-state index contributed by atoms with van der Waals surface area (Å²) in [7, 11) is 0. The molecule has 178 valence electrons. The zero-order valence-corrected chi connectivity index (χ0v) is 22.5. The van der Waals surface area contributed by atoms with Gasteiger partial charge in [0.1, 0.15) is 11.4 Å². The Morgan fingerprint density at radius 2 is 1.73 bits per heavy atom. The van der Waals surface area contributed by atoms with Gasteiger partial charge in [-0.25, -0.2) is 0 Å². The summed E-state index contributed by atoms with van der Waals surface area (Å²) in [5.74, 6) is 1.15. The molecule has 0 radical (unpaired) electrons. The second-order valence-corrected chi connectivity index (χ2v) is 10.3. The Kier molecular flexibility index (Phi) is 7.66. The lowest BCUT2D eigenvalue weighted by molar-refractivity contribution is 0.0772. The summed E-state index contributed by atoms with van der Waals surface area (Å²) in [4.78, 5) is 19.8. The number of fused-ring (bicyclic) bond motifs is 1. The maximum Gasteiger partial charge on any atom is 0.253 e. The number of alkyl halides is 1. The number of amides is 1. The molecule has 0 saturated carbocycles. The molecule has 33 heavy (non-hydrogen) atoms. The van der Waals surface area contributed by atoms with Crippen molar-refractivity contribution in [2.24, 2.45) is 0 Å². The van der Waals surface area contributed by atoms with Crippen molar-refractivity contribution in [1.82, 2.24) is 14.7 Å². The highest BCUT2D eigenvalue weighted by atomic mass is 127. The zero-order valence-electron chi connectivity index (χ0n) is 20.3. The van der Waals surface area contributed by atoms with Gasteiger partial charge < -0.3 is 9.64 Å². The Morgan fingerprint density at radius 1 is 1.06 bits per heavy atom. The molecule has 6 heteroatoms. The third-order valence-corrected chi connectivity index (χ3v) is 7.85. The average Bonchev–Trinajstić information content (AvgIpc) is 3.15. The van der Waals surface area contributed by atoms with Gasteiger partial charge >= 0.3 is 0 Å². The van der Waals surface area contributed by atoms with E-state index in [1.807, 2.05) is 30.9 Å². The molecule has 1 saturated heterocycles. The van der Waals surface area contributed by atoms with Crippen LogP contribution in [0.25, 0.3) is 0 Å². The van der Waals surface area contributed by atoms with E-state index >= 15 is 0 Å². The fraction of sp³-hybridized carbons (Fsp3) is 0.519. The molecule has 1 unspecified atom stereocenters. The highest BCUT2D eigenvalue weighted by Gasteiger charge is 2.36. The fourth-order valence-corrected chi connectivity index (χ4v) is 5.77. The van der Waals surface area contributed by atoms with E-state index in [1.165, 1.54) is 16.7 Å². The number of nitrogens with zero attached hydrogens (tertiary/aromatic N) is 3. The van der Waals surface area contributed by atoms with Crippen LogP contribution in [0, 0.1) is 0 Å². The Morgan fingerprint density at radius 3 is 2.33 bits per heavy atom. The van der Waals surface area contributed by atoms with Gasteiger partial charge in [0, 0.05) is 56.8 Å². The van der Waals surface area contributed by atoms with Crippen LogP contribution in [0.5, 0.6) is 5.75 Å². The van der Waals surface area contributed by atoms with Gasteiger partial charge in [0.2, 0.25) is 0 Å². The van der Waals surface area contributed by atoms with E-state index in [4.69, 9.17) is 4.74 Å². The van der Waals surface area contributed by atoms with Gasteiger partial charge in [-0.15, -0.1) is 0 Å².